The predicted molar refractivity (Wildman–Crippen MR) is 151 cm³/mol. The zero-order valence-corrected chi connectivity index (χ0v) is 22.9. The Morgan fingerprint density at radius 3 is 2.29 bits per heavy atom. The van der Waals surface area contributed by atoms with E-state index >= 15 is 0 Å². The number of phenols is 1. The SMILES string of the molecule is CCN1CCN(Cc2ccc(N(C(=N)C(=O)NC3CC3)C(=N)c3cc(C(C)C)c(OC)cc3O)cc2)CC1. The molecular weight excluding hydrogens is 480 g/mol. The minimum Gasteiger partial charge on any atom is -0.507 e. The van der Waals surface area contributed by atoms with Gasteiger partial charge in [-0.15, -0.1) is 0 Å². The lowest BCUT2D eigenvalue weighted by atomic mass is 9.97. The number of amides is 1. The van der Waals surface area contributed by atoms with E-state index in [9.17, 15) is 9.90 Å². The maximum atomic E-state index is 12.9. The van der Waals surface area contributed by atoms with E-state index in [0.717, 1.165) is 63.2 Å². The molecule has 2 aromatic carbocycles. The monoisotopic (exact) mass is 520 g/mol. The van der Waals surface area contributed by atoms with E-state index in [2.05, 4.69) is 22.0 Å². The largest absolute Gasteiger partial charge is 0.507 e. The summed E-state index contributed by atoms with van der Waals surface area (Å²) in [4.78, 5) is 19.1. The zero-order valence-electron chi connectivity index (χ0n) is 22.9. The topological polar surface area (TPSA) is 116 Å². The van der Waals surface area contributed by atoms with Gasteiger partial charge in [0, 0.05) is 50.5 Å². The van der Waals surface area contributed by atoms with Gasteiger partial charge >= 0.3 is 0 Å². The summed E-state index contributed by atoms with van der Waals surface area (Å²) in [6, 6.07) is 10.9. The minimum absolute atomic E-state index is 0.0800. The summed E-state index contributed by atoms with van der Waals surface area (Å²) in [5.74, 6) is -0.558. The van der Waals surface area contributed by atoms with Crippen molar-refractivity contribution in [3.8, 4) is 11.5 Å². The van der Waals surface area contributed by atoms with E-state index < -0.39 is 5.91 Å². The van der Waals surface area contributed by atoms with E-state index in [-0.39, 0.29) is 34.9 Å². The van der Waals surface area contributed by atoms with Crippen LogP contribution < -0.4 is 15.0 Å². The maximum Gasteiger partial charge on any atom is 0.287 e. The molecule has 38 heavy (non-hydrogen) atoms. The number of benzene rings is 2. The summed E-state index contributed by atoms with van der Waals surface area (Å²) in [6.45, 7) is 12.3. The minimum atomic E-state index is -0.535. The lowest BCUT2D eigenvalue weighted by molar-refractivity contribution is -0.115. The number of aromatic hydroxyl groups is 1. The van der Waals surface area contributed by atoms with E-state index in [1.807, 2.05) is 38.1 Å². The Hall–Kier alpha value is -3.43. The standard InChI is InChI=1S/C29H40N6O3/c1-5-33-12-14-34(15-13-33)18-20-6-10-22(11-7-20)35(28(31)29(37)32-21-8-9-21)27(30)24-16-23(19(2)3)26(38-4)17-25(24)36/h6-7,10-11,16-17,19,21,30-31,36H,5,8-9,12-15,18H2,1-4H3,(H,32,37). The fraction of sp³-hybridized carbons (Fsp3) is 0.483. The van der Waals surface area contributed by atoms with Crippen molar-refractivity contribution in [2.24, 2.45) is 0 Å². The van der Waals surface area contributed by atoms with Crippen LogP contribution in [0.4, 0.5) is 5.69 Å². The average Bonchev–Trinajstić information content (AvgIpc) is 3.73. The number of anilines is 1. The van der Waals surface area contributed by atoms with Crippen LogP contribution >= 0.6 is 0 Å². The first-order valence-corrected chi connectivity index (χ1v) is 13.4. The molecule has 0 radical (unpaired) electrons. The fourth-order valence-electron chi connectivity index (χ4n) is 4.75. The molecule has 1 amide bonds. The van der Waals surface area contributed by atoms with Gasteiger partial charge in [0.15, 0.2) is 5.84 Å². The molecule has 1 heterocycles. The lowest BCUT2D eigenvalue weighted by Crippen LogP contribution is -2.46. The van der Waals surface area contributed by atoms with Crippen LogP contribution in [-0.2, 0) is 11.3 Å². The summed E-state index contributed by atoms with van der Waals surface area (Å²) < 4.78 is 5.43. The van der Waals surface area contributed by atoms with Crippen LogP contribution in [-0.4, -0.2) is 78.4 Å². The van der Waals surface area contributed by atoms with Crippen molar-refractivity contribution >= 4 is 23.3 Å². The third-order valence-corrected chi connectivity index (χ3v) is 7.31. The Labute approximate surface area is 225 Å². The molecular formula is C29H40N6O3. The van der Waals surface area contributed by atoms with E-state index in [1.165, 1.54) is 11.0 Å². The van der Waals surface area contributed by atoms with Crippen molar-refractivity contribution in [1.29, 1.82) is 10.8 Å². The van der Waals surface area contributed by atoms with Crippen LogP contribution in [0, 0.1) is 10.8 Å². The van der Waals surface area contributed by atoms with Crippen molar-refractivity contribution in [3.05, 3.63) is 53.1 Å². The number of rotatable bonds is 8. The smallest absolute Gasteiger partial charge is 0.287 e. The number of hydrogen-bond acceptors (Lipinski definition) is 7. The van der Waals surface area contributed by atoms with Crippen molar-refractivity contribution < 1.29 is 14.6 Å². The van der Waals surface area contributed by atoms with Crippen molar-refractivity contribution in [2.45, 2.75) is 52.1 Å². The quantitative estimate of drug-likeness (QED) is 0.311. The van der Waals surface area contributed by atoms with Crippen LogP contribution in [0.15, 0.2) is 36.4 Å². The molecule has 0 spiro atoms. The molecule has 1 saturated carbocycles. The molecule has 9 nitrogen and oxygen atoms in total. The molecule has 204 valence electrons. The summed E-state index contributed by atoms with van der Waals surface area (Å²) in [5, 5.41) is 31.4. The number of nitrogens with one attached hydrogen (secondary N) is 3. The fourth-order valence-corrected chi connectivity index (χ4v) is 4.75. The first kappa shape index (κ1) is 27.6. The number of likely N-dealkylation sites (N-methyl/N-ethyl adjacent to an activating group) is 1. The highest BCUT2D eigenvalue weighted by Gasteiger charge is 2.31. The summed E-state index contributed by atoms with van der Waals surface area (Å²) >= 11 is 0. The van der Waals surface area contributed by atoms with Crippen LogP contribution in [0.25, 0.3) is 0 Å². The molecule has 2 aliphatic rings. The van der Waals surface area contributed by atoms with E-state index in [4.69, 9.17) is 15.6 Å². The Balaban J connectivity index is 1.61. The molecule has 2 fully saturated rings. The number of hydrogen-bond donors (Lipinski definition) is 4. The van der Waals surface area contributed by atoms with E-state index in [1.54, 1.807) is 13.2 Å². The van der Waals surface area contributed by atoms with Crippen molar-refractivity contribution in [1.82, 2.24) is 15.1 Å². The molecule has 1 saturated heterocycles. The number of methoxy groups -OCH3 is 1. The van der Waals surface area contributed by atoms with Gasteiger partial charge in [-0.3, -0.25) is 25.4 Å². The molecule has 1 aliphatic heterocycles. The number of ether oxygens (including phenoxy) is 1. The van der Waals surface area contributed by atoms with Gasteiger partial charge in [-0.25, -0.2) is 0 Å². The summed E-state index contributed by atoms with van der Waals surface area (Å²) in [5.41, 5.74) is 2.72. The van der Waals surface area contributed by atoms with Gasteiger partial charge in [0.25, 0.3) is 5.91 Å². The summed E-state index contributed by atoms with van der Waals surface area (Å²) in [6.07, 6.45) is 1.80. The summed E-state index contributed by atoms with van der Waals surface area (Å²) in [7, 11) is 1.54. The zero-order chi connectivity index (χ0) is 27.4. The molecule has 0 bridgehead atoms. The first-order chi connectivity index (χ1) is 18.2. The van der Waals surface area contributed by atoms with Crippen LogP contribution in [0.5, 0.6) is 11.5 Å². The Kier molecular flexibility index (Phi) is 8.69. The normalized spacial score (nSPS) is 16.3. The third-order valence-electron chi connectivity index (χ3n) is 7.31. The Bertz CT molecular complexity index is 1170. The Morgan fingerprint density at radius 2 is 1.74 bits per heavy atom. The Morgan fingerprint density at radius 1 is 1.11 bits per heavy atom. The molecule has 9 heteroatoms. The van der Waals surface area contributed by atoms with Gasteiger partial charge in [0.1, 0.15) is 17.3 Å². The lowest BCUT2D eigenvalue weighted by Gasteiger charge is -2.34. The molecule has 4 rings (SSSR count). The average molecular weight is 521 g/mol. The van der Waals surface area contributed by atoms with Gasteiger partial charge in [0.05, 0.1) is 12.7 Å². The predicted octanol–water partition coefficient (Wildman–Crippen LogP) is 3.75. The van der Waals surface area contributed by atoms with Crippen molar-refractivity contribution in [3.63, 3.8) is 0 Å². The molecule has 0 unspecified atom stereocenters. The number of carbonyl (C=O) groups excluding carboxylic acids is 1. The van der Waals surface area contributed by atoms with Gasteiger partial charge in [0.2, 0.25) is 0 Å². The number of phenolic OH excluding ortho intramolecular Hbond substituents is 1. The molecule has 1 aliphatic carbocycles. The van der Waals surface area contributed by atoms with Gasteiger partial charge in [-0.1, -0.05) is 32.9 Å². The van der Waals surface area contributed by atoms with Crippen molar-refractivity contribution in [2.75, 3.05) is 44.7 Å². The molecule has 0 atom stereocenters. The number of carbonyl (C=O) groups is 1. The molecule has 2 aromatic rings. The molecule has 4 N–H and O–H groups in total. The second-order valence-electron chi connectivity index (χ2n) is 10.4. The number of piperazine rings is 1. The number of nitrogens with zero attached hydrogens (tertiary/aromatic N) is 3. The van der Waals surface area contributed by atoms with Gasteiger partial charge < -0.3 is 20.1 Å². The third kappa shape index (κ3) is 6.34. The second-order valence-corrected chi connectivity index (χ2v) is 10.4. The first-order valence-electron chi connectivity index (χ1n) is 13.4. The highest BCUT2D eigenvalue weighted by molar-refractivity contribution is 6.48. The highest BCUT2D eigenvalue weighted by atomic mass is 16.5. The second kappa shape index (κ2) is 12.0. The van der Waals surface area contributed by atoms with E-state index in [0.29, 0.717) is 11.4 Å². The number of amidine groups is 2. The maximum absolute atomic E-state index is 12.9. The van der Waals surface area contributed by atoms with Crippen LogP contribution in [0.2, 0.25) is 0 Å². The van der Waals surface area contributed by atoms with Gasteiger partial charge in [-0.05, 0) is 54.6 Å². The van der Waals surface area contributed by atoms with Gasteiger partial charge in [-0.2, -0.15) is 0 Å². The highest BCUT2D eigenvalue weighted by Crippen LogP contribution is 2.34. The van der Waals surface area contributed by atoms with Crippen LogP contribution in [0.3, 0.4) is 0 Å². The molecule has 0 aromatic heterocycles. The van der Waals surface area contributed by atoms with Crippen LogP contribution in [0.1, 0.15) is 56.2 Å².